The lowest BCUT2D eigenvalue weighted by Crippen LogP contribution is -2.32. The van der Waals surface area contributed by atoms with Crippen molar-refractivity contribution in [2.75, 3.05) is 13.7 Å². The van der Waals surface area contributed by atoms with Gasteiger partial charge in [-0.3, -0.25) is 0 Å². The summed E-state index contributed by atoms with van der Waals surface area (Å²) < 4.78 is 6.53. The summed E-state index contributed by atoms with van der Waals surface area (Å²) in [5.41, 5.74) is 7.41. The zero-order valence-corrected chi connectivity index (χ0v) is 11.2. The molecule has 0 radical (unpaired) electrons. The lowest BCUT2D eigenvalue weighted by molar-refractivity contribution is 0.375. The van der Waals surface area contributed by atoms with Crippen molar-refractivity contribution in [3.8, 4) is 5.75 Å². The minimum atomic E-state index is 0.134. The van der Waals surface area contributed by atoms with E-state index in [4.69, 9.17) is 10.5 Å². The third kappa shape index (κ3) is 1.87. The average Bonchev–Trinajstić information content (AvgIpc) is 2.78. The molecule has 1 aromatic rings. The van der Waals surface area contributed by atoms with Crippen LogP contribution in [0.4, 0.5) is 0 Å². The van der Waals surface area contributed by atoms with Gasteiger partial charge in [-0.05, 0) is 34.8 Å². The quantitative estimate of drug-likeness (QED) is 0.925. The van der Waals surface area contributed by atoms with Crippen molar-refractivity contribution in [3.05, 3.63) is 28.2 Å². The second kappa shape index (κ2) is 4.76. The second-order valence-corrected chi connectivity index (χ2v) is 5.37. The third-order valence-electron chi connectivity index (χ3n) is 3.69. The molecule has 0 unspecified atom stereocenters. The van der Waals surface area contributed by atoms with Crippen LogP contribution >= 0.6 is 15.9 Å². The standard InChI is InChI=1S/C13H18BrNO/c1-16-12-10(5-4-6-11(12)14)13(9-15)7-2-3-8-13/h4-6H,2-3,7-9,15H2,1H3. The Bertz CT molecular complexity index is 372. The second-order valence-electron chi connectivity index (χ2n) is 4.51. The highest BCUT2D eigenvalue weighted by Gasteiger charge is 2.36. The zero-order valence-electron chi connectivity index (χ0n) is 9.63. The van der Waals surface area contributed by atoms with Crippen LogP contribution in [0.15, 0.2) is 22.7 Å². The molecule has 0 aromatic heterocycles. The molecule has 1 saturated carbocycles. The molecule has 0 atom stereocenters. The fourth-order valence-electron chi connectivity index (χ4n) is 2.77. The highest BCUT2D eigenvalue weighted by Crippen LogP contribution is 2.45. The number of benzene rings is 1. The molecular weight excluding hydrogens is 266 g/mol. The van der Waals surface area contributed by atoms with E-state index in [1.165, 1.54) is 31.2 Å². The molecule has 1 aromatic carbocycles. The van der Waals surface area contributed by atoms with Gasteiger partial charge in [0.15, 0.2) is 0 Å². The van der Waals surface area contributed by atoms with Gasteiger partial charge in [0, 0.05) is 17.5 Å². The topological polar surface area (TPSA) is 35.2 Å². The SMILES string of the molecule is COc1c(Br)cccc1C1(CN)CCCC1. The van der Waals surface area contributed by atoms with Gasteiger partial charge >= 0.3 is 0 Å². The first-order chi connectivity index (χ1) is 7.73. The molecule has 0 heterocycles. The van der Waals surface area contributed by atoms with E-state index in [-0.39, 0.29) is 5.41 Å². The van der Waals surface area contributed by atoms with E-state index in [2.05, 4.69) is 28.1 Å². The van der Waals surface area contributed by atoms with Crippen LogP contribution in [0.25, 0.3) is 0 Å². The fraction of sp³-hybridized carbons (Fsp3) is 0.538. The summed E-state index contributed by atoms with van der Waals surface area (Å²) in [4.78, 5) is 0. The van der Waals surface area contributed by atoms with E-state index in [0.29, 0.717) is 6.54 Å². The Morgan fingerprint density at radius 1 is 1.38 bits per heavy atom. The number of methoxy groups -OCH3 is 1. The summed E-state index contributed by atoms with van der Waals surface area (Å²) in [5, 5.41) is 0. The van der Waals surface area contributed by atoms with Crippen LogP contribution in [0.5, 0.6) is 5.75 Å². The fourth-order valence-corrected chi connectivity index (χ4v) is 3.30. The molecule has 0 amide bonds. The number of nitrogens with two attached hydrogens (primary N) is 1. The Kier molecular flexibility index (Phi) is 3.55. The third-order valence-corrected chi connectivity index (χ3v) is 4.32. The molecule has 2 N–H and O–H groups in total. The maximum absolute atomic E-state index is 6.00. The number of ether oxygens (including phenoxy) is 1. The van der Waals surface area contributed by atoms with Crippen LogP contribution < -0.4 is 10.5 Å². The minimum absolute atomic E-state index is 0.134. The Morgan fingerprint density at radius 2 is 2.06 bits per heavy atom. The van der Waals surface area contributed by atoms with Gasteiger partial charge in [-0.1, -0.05) is 25.0 Å². The summed E-state index contributed by atoms with van der Waals surface area (Å²) in [6.45, 7) is 0.708. The predicted octanol–water partition coefficient (Wildman–Crippen LogP) is 3.23. The van der Waals surface area contributed by atoms with Crippen molar-refractivity contribution in [2.45, 2.75) is 31.1 Å². The van der Waals surface area contributed by atoms with Crippen molar-refractivity contribution in [2.24, 2.45) is 5.73 Å². The van der Waals surface area contributed by atoms with Gasteiger partial charge in [0.05, 0.1) is 11.6 Å². The Balaban J connectivity index is 2.49. The maximum Gasteiger partial charge on any atom is 0.136 e. The van der Waals surface area contributed by atoms with Crippen molar-refractivity contribution < 1.29 is 4.74 Å². The van der Waals surface area contributed by atoms with Gasteiger partial charge in [-0.15, -0.1) is 0 Å². The molecule has 0 saturated heterocycles. The molecule has 3 heteroatoms. The van der Waals surface area contributed by atoms with E-state index in [1.807, 2.05) is 6.07 Å². The zero-order chi connectivity index (χ0) is 11.6. The molecule has 2 rings (SSSR count). The summed E-state index contributed by atoms with van der Waals surface area (Å²) in [6, 6.07) is 6.24. The maximum atomic E-state index is 6.00. The first kappa shape index (κ1) is 11.9. The lowest BCUT2D eigenvalue weighted by atomic mass is 9.78. The summed E-state index contributed by atoms with van der Waals surface area (Å²) in [6.07, 6.45) is 4.90. The smallest absolute Gasteiger partial charge is 0.136 e. The Hall–Kier alpha value is -0.540. The van der Waals surface area contributed by atoms with Crippen LogP contribution in [0.3, 0.4) is 0 Å². The first-order valence-electron chi connectivity index (χ1n) is 5.76. The van der Waals surface area contributed by atoms with Crippen molar-refractivity contribution in [1.29, 1.82) is 0 Å². The first-order valence-corrected chi connectivity index (χ1v) is 6.56. The molecule has 16 heavy (non-hydrogen) atoms. The van der Waals surface area contributed by atoms with Crippen LogP contribution in [-0.2, 0) is 5.41 Å². The highest BCUT2D eigenvalue weighted by molar-refractivity contribution is 9.10. The summed E-state index contributed by atoms with van der Waals surface area (Å²) in [7, 11) is 1.72. The molecule has 1 fully saturated rings. The number of rotatable bonds is 3. The van der Waals surface area contributed by atoms with E-state index in [0.717, 1.165) is 10.2 Å². The summed E-state index contributed by atoms with van der Waals surface area (Å²) in [5.74, 6) is 0.954. The van der Waals surface area contributed by atoms with Crippen LogP contribution in [0, 0.1) is 0 Å². The van der Waals surface area contributed by atoms with E-state index in [9.17, 15) is 0 Å². The van der Waals surface area contributed by atoms with Crippen molar-refractivity contribution >= 4 is 15.9 Å². The molecular formula is C13H18BrNO. The van der Waals surface area contributed by atoms with Crippen LogP contribution in [0.1, 0.15) is 31.2 Å². The highest BCUT2D eigenvalue weighted by atomic mass is 79.9. The molecule has 88 valence electrons. The number of hydrogen-bond acceptors (Lipinski definition) is 2. The van der Waals surface area contributed by atoms with Gasteiger partial charge in [0.1, 0.15) is 5.75 Å². The molecule has 0 spiro atoms. The number of para-hydroxylation sites is 1. The largest absolute Gasteiger partial charge is 0.495 e. The molecule has 1 aliphatic carbocycles. The van der Waals surface area contributed by atoms with E-state index >= 15 is 0 Å². The Labute approximate surface area is 105 Å². The van der Waals surface area contributed by atoms with Crippen molar-refractivity contribution in [3.63, 3.8) is 0 Å². The number of hydrogen-bond donors (Lipinski definition) is 1. The normalized spacial score (nSPS) is 18.7. The van der Waals surface area contributed by atoms with Gasteiger partial charge < -0.3 is 10.5 Å². The van der Waals surface area contributed by atoms with E-state index < -0.39 is 0 Å². The Morgan fingerprint density at radius 3 is 2.62 bits per heavy atom. The summed E-state index contributed by atoms with van der Waals surface area (Å²) >= 11 is 3.54. The molecule has 0 aliphatic heterocycles. The van der Waals surface area contributed by atoms with Gasteiger partial charge in [-0.25, -0.2) is 0 Å². The molecule has 2 nitrogen and oxygen atoms in total. The van der Waals surface area contributed by atoms with Crippen molar-refractivity contribution in [1.82, 2.24) is 0 Å². The molecule has 1 aliphatic rings. The van der Waals surface area contributed by atoms with E-state index in [1.54, 1.807) is 7.11 Å². The predicted molar refractivity (Wildman–Crippen MR) is 69.9 cm³/mol. The monoisotopic (exact) mass is 283 g/mol. The van der Waals surface area contributed by atoms with Gasteiger partial charge in [0.2, 0.25) is 0 Å². The minimum Gasteiger partial charge on any atom is -0.495 e. The average molecular weight is 284 g/mol. The van der Waals surface area contributed by atoms with Crippen LogP contribution in [-0.4, -0.2) is 13.7 Å². The van der Waals surface area contributed by atoms with Gasteiger partial charge in [0.25, 0.3) is 0 Å². The van der Waals surface area contributed by atoms with Crippen LogP contribution in [0.2, 0.25) is 0 Å². The molecule has 0 bridgehead atoms. The number of halogens is 1. The van der Waals surface area contributed by atoms with Gasteiger partial charge in [-0.2, -0.15) is 0 Å². The lowest BCUT2D eigenvalue weighted by Gasteiger charge is -2.29.